The van der Waals surface area contributed by atoms with E-state index in [9.17, 15) is 22.8 Å². The fraction of sp³-hybridized carbons (Fsp3) is 0.391. The number of carboxylic acid groups (broad SMARTS) is 1. The zero-order chi connectivity index (χ0) is 27.5. The molecule has 12 nitrogen and oxygen atoms in total. The van der Waals surface area contributed by atoms with Crippen molar-refractivity contribution in [1.82, 2.24) is 34.8 Å². The number of benzene rings is 1. The van der Waals surface area contributed by atoms with Crippen molar-refractivity contribution in [2.75, 3.05) is 18.4 Å². The number of rotatable bonds is 3. The summed E-state index contributed by atoms with van der Waals surface area (Å²) >= 11 is 0. The minimum Gasteiger partial charge on any atom is -0.475 e. The average Bonchev–Trinajstić information content (AvgIpc) is 3.61. The van der Waals surface area contributed by atoms with Gasteiger partial charge in [0.05, 0.1) is 6.04 Å². The molecule has 38 heavy (non-hydrogen) atoms. The lowest BCUT2D eigenvalue weighted by Gasteiger charge is -2.40. The highest BCUT2D eigenvalue weighted by atomic mass is 19.4. The Hall–Kier alpha value is -4.43. The summed E-state index contributed by atoms with van der Waals surface area (Å²) in [4.78, 5) is 41.1. The molecule has 2 atom stereocenters. The Kier molecular flexibility index (Phi) is 7.37. The molecule has 2 unspecified atom stereocenters. The van der Waals surface area contributed by atoms with E-state index in [0.29, 0.717) is 31.0 Å². The molecule has 0 aliphatic carbocycles. The number of amides is 3. The summed E-state index contributed by atoms with van der Waals surface area (Å²) in [7, 11) is 1.76. The van der Waals surface area contributed by atoms with Crippen molar-refractivity contribution >= 4 is 23.6 Å². The molecule has 15 heteroatoms. The summed E-state index contributed by atoms with van der Waals surface area (Å²) in [6.07, 6.45) is -0.360. The van der Waals surface area contributed by atoms with E-state index < -0.39 is 12.1 Å². The Bertz CT molecular complexity index is 1310. The normalized spacial score (nSPS) is 20.3. The van der Waals surface area contributed by atoms with Crippen LogP contribution in [0.3, 0.4) is 0 Å². The van der Waals surface area contributed by atoms with Crippen LogP contribution in [-0.2, 0) is 18.4 Å². The summed E-state index contributed by atoms with van der Waals surface area (Å²) in [5, 5.41) is 21.5. The number of para-hydroxylation sites is 1. The van der Waals surface area contributed by atoms with Crippen LogP contribution in [-0.4, -0.2) is 71.7 Å². The second-order valence-corrected chi connectivity index (χ2v) is 8.97. The number of hydrogen-bond donors (Lipinski definition) is 3. The second-order valence-electron chi connectivity index (χ2n) is 8.97. The summed E-state index contributed by atoms with van der Waals surface area (Å²) in [6, 6.07) is 10.4. The summed E-state index contributed by atoms with van der Waals surface area (Å²) in [6.45, 7) is 1.87. The van der Waals surface area contributed by atoms with Crippen LogP contribution >= 0.6 is 0 Å². The van der Waals surface area contributed by atoms with Gasteiger partial charge in [0.1, 0.15) is 17.8 Å². The molecular formula is C23H25F3N8O4. The zero-order valence-electron chi connectivity index (χ0n) is 20.2. The number of aryl methyl sites for hydroxylation is 2. The molecule has 2 aliphatic rings. The van der Waals surface area contributed by atoms with Crippen LogP contribution in [0.5, 0.6) is 0 Å². The number of anilines is 1. The van der Waals surface area contributed by atoms with E-state index in [1.165, 1.54) is 6.33 Å². The zero-order valence-corrected chi connectivity index (χ0v) is 20.2. The summed E-state index contributed by atoms with van der Waals surface area (Å²) < 4.78 is 35.2. The van der Waals surface area contributed by atoms with Crippen LogP contribution < -0.4 is 10.6 Å². The van der Waals surface area contributed by atoms with E-state index >= 15 is 0 Å². The van der Waals surface area contributed by atoms with Crippen molar-refractivity contribution in [3.63, 3.8) is 0 Å². The molecule has 0 saturated carbocycles. The highest BCUT2D eigenvalue weighted by Gasteiger charge is 2.51. The highest BCUT2D eigenvalue weighted by Crippen LogP contribution is 2.47. The number of carbonyl (C=O) groups is 3. The van der Waals surface area contributed by atoms with Crippen LogP contribution in [0.4, 0.5) is 23.7 Å². The predicted molar refractivity (Wildman–Crippen MR) is 126 cm³/mol. The highest BCUT2D eigenvalue weighted by molar-refractivity contribution is 5.93. The Morgan fingerprint density at radius 1 is 1.08 bits per heavy atom. The van der Waals surface area contributed by atoms with Gasteiger partial charge in [-0.15, -0.1) is 0 Å². The molecule has 5 rings (SSSR count). The Labute approximate surface area is 214 Å². The lowest BCUT2D eigenvalue weighted by molar-refractivity contribution is -0.192. The molecule has 3 N–H and O–H groups in total. The maximum Gasteiger partial charge on any atom is 0.490 e. The van der Waals surface area contributed by atoms with Gasteiger partial charge in [0.15, 0.2) is 0 Å². The van der Waals surface area contributed by atoms with E-state index in [2.05, 4.69) is 25.8 Å². The number of carbonyl (C=O) groups excluding carboxylic acids is 2. The lowest BCUT2D eigenvalue weighted by atomic mass is 9.74. The minimum atomic E-state index is -5.08. The molecule has 1 spiro atoms. The molecule has 4 heterocycles. The molecule has 3 amide bonds. The SMILES string of the molecule is Cn1nccc1C(=O)N1CCC2(CCn3ncnc3C2NC(=O)Nc2ccccc2)C1.O=C(O)C(F)(F)F. The summed E-state index contributed by atoms with van der Waals surface area (Å²) in [5.74, 6) is -2.08. The Balaban J connectivity index is 0.000000426. The topological polar surface area (TPSA) is 147 Å². The molecule has 0 radical (unpaired) electrons. The van der Waals surface area contributed by atoms with Crippen molar-refractivity contribution in [2.45, 2.75) is 31.6 Å². The number of alkyl halides is 3. The number of urea groups is 1. The maximum atomic E-state index is 13.1. The van der Waals surface area contributed by atoms with E-state index in [0.717, 1.165) is 18.7 Å². The van der Waals surface area contributed by atoms with Gasteiger partial charge in [-0.25, -0.2) is 19.3 Å². The number of carboxylic acids is 1. The lowest BCUT2D eigenvalue weighted by Crippen LogP contribution is -2.49. The number of likely N-dealkylation sites (tertiary alicyclic amines) is 1. The fourth-order valence-corrected chi connectivity index (χ4v) is 4.71. The maximum absolute atomic E-state index is 13.1. The van der Waals surface area contributed by atoms with Crippen molar-refractivity contribution in [1.29, 1.82) is 0 Å². The minimum absolute atomic E-state index is 0.0450. The van der Waals surface area contributed by atoms with Gasteiger partial charge in [-0.2, -0.15) is 23.4 Å². The van der Waals surface area contributed by atoms with Gasteiger partial charge in [0.2, 0.25) is 0 Å². The van der Waals surface area contributed by atoms with Gasteiger partial charge < -0.3 is 20.6 Å². The third-order valence-corrected chi connectivity index (χ3v) is 6.60. The first-order valence-corrected chi connectivity index (χ1v) is 11.6. The van der Waals surface area contributed by atoms with Gasteiger partial charge >= 0.3 is 18.2 Å². The average molecular weight is 534 g/mol. The molecule has 1 fully saturated rings. The number of nitrogens with one attached hydrogen (secondary N) is 2. The van der Waals surface area contributed by atoms with E-state index in [1.807, 2.05) is 39.9 Å². The number of hydrogen-bond acceptors (Lipinski definition) is 6. The molecule has 1 aromatic carbocycles. The number of aliphatic carboxylic acids is 1. The number of halogens is 3. The van der Waals surface area contributed by atoms with Crippen molar-refractivity contribution in [3.05, 3.63) is 60.4 Å². The number of nitrogens with zero attached hydrogens (tertiary/aromatic N) is 6. The monoisotopic (exact) mass is 534 g/mol. The third-order valence-electron chi connectivity index (χ3n) is 6.60. The largest absolute Gasteiger partial charge is 0.490 e. The van der Waals surface area contributed by atoms with Crippen molar-refractivity contribution < 1.29 is 32.7 Å². The Morgan fingerprint density at radius 3 is 2.39 bits per heavy atom. The molecule has 202 valence electrons. The molecule has 2 aliphatic heterocycles. The van der Waals surface area contributed by atoms with Crippen LogP contribution in [0.25, 0.3) is 0 Å². The molecule has 0 bridgehead atoms. The fourth-order valence-electron chi connectivity index (χ4n) is 4.71. The van der Waals surface area contributed by atoms with E-state index in [-0.39, 0.29) is 23.4 Å². The van der Waals surface area contributed by atoms with Crippen LogP contribution in [0.1, 0.15) is 35.2 Å². The van der Waals surface area contributed by atoms with Crippen LogP contribution in [0.2, 0.25) is 0 Å². The van der Waals surface area contributed by atoms with Gasteiger partial charge in [0, 0.05) is 44.0 Å². The number of aromatic nitrogens is 5. The van der Waals surface area contributed by atoms with Gasteiger partial charge in [-0.3, -0.25) is 9.48 Å². The standard InChI is InChI=1S/C21H24N8O2.C2HF3O2/c1-27-16(7-10-23-27)19(30)28-11-8-21(13-28)9-12-29-18(22-14-24-29)17(21)26-20(31)25-15-5-3-2-4-6-15;3-2(4,5)1(6)7/h2-7,10,14,17H,8-9,11-13H2,1H3,(H2,25,26,31);(H,6,7). The smallest absolute Gasteiger partial charge is 0.475 e. The van der Waals surface area contributed by atoms with Gasteiger partial charge in [-0.1, -0.05) is 18.2 Å². The third kappa shape index (κ3) is 5.60. The quantitative estimate of drug-likeness (QED) is 0.468. The first-order valence-electron chi connectivity index (χ1n) is 11.6. The predicted octanol–water partition coefficient (Wildman–Crippen LogP) is 2.44. The van der Waals surface area contributed by atoms with E-state index in [4.69, 9.17) is 9.90 Å². The summed E-state index contributed by atoms with van der Waals surface area (Å²) in [5.41, 5.74) is 0.971. The Morgan fingerprint density at radius 2 is 1.76 bits per heavy atom. The molecule has 3 aromatic rings. The molecule has 1 saturated heterocycles. The van der Waals surface area contributed by atoms with Gasteiger partial charge in [-0.05, 0) is 31.0 Å². The van der Waals surface area contributed by atoms with Crippen LogP contribution in [0.15, 0.2) is 48.9 Å². The molecular weight excluding hydrogens is 509 g/mol. The first kappa shape index (κ1) is 26.6. The first-order chi connectivity index (χ1) is 18.0. The molecule has 2 aromatic heterocycles. The number of fused-ring (bicyclic) bond motifs is 1. The van der Waals surface area contributed by atoms with Gasteiger partial charge in [0.25, 0.3) is 5.91 Å². The van der Waals surface area contributed by atoms with E-state index in [1.54, 1.807) is 24.0 Å². The van der Waals surface area contributed by atoms with Crippen molar-refractivity contribution in [3.8, 4) is 0 Å². The van der Waals surface area contributed by atoms with Crippen LogP contribution in [0, 0.1) is 5.41 Å². The second kappa shape index (κ2) is 10.5. The van der Waals surface area contributed by atoms with Crippen molar-refractivity contribution in [2.24, 2.45) is 12.5 Å².